The summed E-state index contributed by atoms with van der Waals surface area (Å²) in [6, 6.07) is 19.4. The molecule has 1 aromatic heterocycles. The minimum absolute atomic E-state index is 0.535. The second-order valence-corrected chi connectivity index (χ2v) is 8.21. The maximum atomic E-state index is 5.99. The highest BCUT2D eigenvalue weighted by Gasteiger charge is 2.15. The van der Waals surface area contributed by atoms with Crippen molar-refractivity contribution in [1.29, 1.82) is 0 Å². The molecule has 0 amide bonds. The molecule has 0 aliphatic rings. The maximum Gasteiger partial charge on any atom is 0.203 e. The quantitative estimate of drug-likeness (QED) is 0.239. The van der Waals surface area contributed by atoms with Gasteiger partial charge in [0, 0.05) is 34.0 Å². The molecule has 0 unspecified atom stereocenters. The second kappa shape index (κ2) is 9.97. The van der Waals surface area contributed by atoms with Crippen LogP contribution in [0.1, 0.15) is 5.56 Å². The van der Waals surface area contributed by atoms with Crippen molar-refractivity contribution in [2.24, 2.45) is 0 Å². The lowest BCUT2D eigenvalue weighted by Gasteiger charge is -2.16. The molecule has 8 heteroatoms. The van der Waals surface area contributed by atoms with E-state index in [9.17, 15) is 0 Å². The summed E-state index contributed by atoms with van der Waals surface area (Å²) in [7, 11) is 4.76. The molecule has 1 N–H and O–H groups in total. The molecule has 32 heavy (non-hydrogen) atoms. The number of fused-ring (bicyclic) bond motifs is 1. The fraction of sp³-hybridized carbons (Fsp3) is 0.167. The molecule has 0 atom stereocenters. The van der Waals surface area contributed by atoms with Crippen molar-refractivity contribution in [3.8, 4) is 17.2 Å². The van der Waals surface area contributed by atoms with Crippen LogP contribution >= 0.6 is 23.4 Å². The summed E-state index contributed by atoms with van der Waals surface area (Å²) in [5.74, 6) is 3.09. The highest BCUT2D eigenvalue weighted by atomic mass is 35.5. The van der Waals surface area contributed by atoms with E-state index in [1.54, 1.807) is 33.1 Å². The highest BCUT2D eigenvalue weighted by molar-refractivity contribution is 7.98. The lowest BCUT2D eigenvalue weighted by Crippen LogP contribution is -2.01. The summed E-state index contributed by atoms with van der Waals surface area (Å²) in [6.07, 6.45) is 0. The average molecular weight is 468 g/mol. The third-order valence-electron chi connectivity index (χ3n) is 4.79. The predicted molar refractivity (Wildman–Crippen MR) is 130 cm³/mol. The van der Waals surface area contributed by atoms with Crippen molar-refractivity contribution < 1.29 is 14.2 Å². The van der Waals surface area contributed by atoms with Gasteiger partial charge in [0.1, 0.15) is 5.82 Å². The molecule has 0 aliphatic carbocycles. The standard InChI is InChI=1S/C24H22ClN3O3S/c1-29-20-12-17(13-21(30-2)22(20)31-3)26-23-18-6-4-5-7-19(18)27-24(28-23)32-14-15-8-10-16(25)11-9-15/h4-13H,14H2,1-3H3,(H,26,27,28). The van der Waals surface area contributed by atoms with Crippen LogP contribution in [-0.4, -0.2) is 31.3 Å². The van der Waals surface area contributed by atoms with Crippen molar-refractivity contribution in [3.05, 3.63) is 71.2 Å². The van der Waals surface area contributed by atoms with Gasteiger partial charge in [-0.3, -0.25) is 0 Å². The molecule has 0 radical (unpaired) electrons. The fourth-order valence-corrected chi connectivity index (χ4v) is 4.17. The first-order chi connectivity index (χ1) is 15.6. The monoisotopic (exact) mass is 467 g/mol. The lowest BCUT2D eigenvalue weighted by molar-refractivity contribution is 0.324. The number of benzene rings is 3. The fourth-order valence-electron chi connectivity index (χ4n) is 3.23. The Balaban J connectivity index is 1.68. The lowest BCUT2D eigenvalue weighted by atomic mass is 10.2. The van der Waals surface area contributed by atoms with Crippen LogP contribution in [0.5, 0.6) is 17.2 Å². The third-order valence-corrected chi connectivity index (χ3v) is 5.96. The van der Waals surface area contributed by atoms with Gasteiger partial charge in [0.2, 0.25) is 5.75 Å². The molecule has 0 saturated heterocycles. The average Bonchev–Trinajstić information content (AvgIpc) is 2.83. The Labute approximate surface area is 195 Å². The number of rotatable bonds is 8. The van der Waals surface area contributed by atoms with Crippen molar-refractivity contribution in [3.63, 3.8) is 0 Å². The Hall–Kier alpha value is -3.16. The molecule has 3 aromatic carbocycles. The summed E-state index contributed by atoms with van der Waals surface area (Å²) in [6.45, 7) is 0. The number of thioether (sulfide) groups is 1. The van der Waals surface area contributed by atoms with Gasteiger partial charge in [0.15, 0.2) is 16.7 Å². The number of nitrogens with zero attached hydrogens (tertiary/aromatic N) is 2. The number of aromatic nitrogens is 2. The molecular weight excluding hydrogens is 446 g/mol. The van der Waals surface area contributed by atoms with Gasteiger partial charge in [-0.05, 0) is 29.8 Å². The number of hydrogen-bond donors (Lipinski definition) is 1. The Kier molecular flexibility index (Phi) is 6.87. The second-order valence-electron chi connectivity index (χ2n) is 6.83. The van der Waals surface area contributed by atoms with Crippen LogP contribution < -0.4 is 19.5 Å². The zero-order chi connectivity index (χ0) is 22.5. The molecule has 0 saturated carbocycles. The number of para-hydroxylation sites is 1. The molecule has 0 fully saturated rings. The van der Waals surface area contributed by atoms with Gasteiger partial charge in [-0.25, -0.2) is 9.97 Å². The first kappa shape index (κ1) is 22.0. The summed E-state index contributed by atoms with van der Waals surface area (Å²) in [4.78, 5) is 9.51. The number of ether oxygens (including phenoxy) is 3. The molecule has 0 aliphatic heterocycles. The summed E-state index contributed by atoms with van der Waals surface area (Å²) < 4.78 is 16.4. The molecule has 4 aromatic rings. The summed E-state index contributed by atoms with van der Waals surface area (Å²) in [5, 5.41) is 5.70. The molecule has 164 valence electrons. The zero-order valence-electron chi connectivity index (χ0n) is 17.9. The van der Waals surface area contributed by atoms with E-state index >= 15 is 0 Å². The van der Waals surface area contributed by atoms with Crippen LogP contribution in [0.3, 0.4) is 0 Å². The number of hydrogen-bond acceptors (Lipinski definition) is 7. The normalized spacial score (nSPS) is 10.8. The van der Waals surface area contributed by atoms with E-state index in [4.69, 9.17) is 35.8 Å². The zero-order valence-corrected chi connectivity index (χ0v) is 19.5. The van der Waals surface area contributed by atoms with E-state index in [0.29, 0.717) is 28.2 Å². The van der Waals surface area contributed by atoms with Crippen LogP contribution in [0.15, 0.2) is 65.8 Å². The van der Waals surface area contributed by atoms with Crippen molar-refractivity contribution >= 4 is 45.8 Å². The van der Waals surface area contributed by atoms with Gasteiger partial charge >= 0.3 is 0 Å². The Bertz CT molecular complexity index is 1210. The largest absolute Gasteiger partial charge is 0.493 e. The van der Waals surface area contributed by atoms with E-state index in [0.717, 1.165) is 32.9 Å². The van der Waals surface area contributed by atoms with Gasteiger partial charge in [0.25, 0.3) is 0 Å². The van der Waals surface area contributed by atoms with Gasteiger partial charge in [-0.1, -0.05) is 47.6 Å². The maximum absolute atomic E-state index is 5.99. The number of nitrogens with one attached hydrogen (secondary N) is 1. The van der Waals surface area contributed by atoms with Gasteiger partial charge in [0.05, 0.1) is 26.8 Å². The van der Waals surface area contributed by atoms with Gasteiger partial charge in [-0.15, -0.1) is 0 Å². The summed E-state index contributed by atoms with van der Waals surface area (Å²) >= 11 is 7.55. The highest BCUT2D eigenvalue weighted by Crippen LogP contribution is 2.41. The summed E-state index contributed by atoms with van der Waals surface area (Å²) in [5.41, 5.74) is 2.77. The van der Waals surface area contributed by atoms with Crippen molar-refractivity contribution in [2.75, 3.05) is 26.6 Å². The first-order valence-corrected chi connectivity index (χ1v) is 11.2. The Morgan fingerprint density at radius 2 is 1.56 bits per heavy atom. The first-order valence-electron chi connectivity index (χ1n) is 9.82. The molecule has 6 nitrogen and oxygen atoms in total. The molecule has 4 rings (SSSR count). The van der Waals surface area contributed by atoms with Crippen molar-refractivity contribution in [1.82, 2.24) is 9.97 Å². The van der Waals surface area contributed by atoms with Gasteiger partial charge in [-0.2, -0.15) is 0 Å². The van der Waals surface area contributed by atoms with Gasteiger partial charge < -0.3 is 19.5 Å². The number of anilines is 2. The Morgan fingerprint density at radius 3 is 2.22 bits per heavy atom. The number of halogens is 1. The smallest absolute Gasteiger partial charge is 0.203 e. The minimum Gasteiger partial charge on any atom is -0.493 e. The predicted octanol–water partition coefficient (Wildman–Crippen LogP) is 6.34. The van der Waals surface area contributed by atoms with E-state index in [2.05, 4.69) is 5.32 Å². The van der Waals surface area contributed by atoms with Crippen LogP contribution in [-0.2, 0) is 5.75 Å². The molecule has 0 spiro atoms. The van der Waals surface area contributed by atoms with E-state index < -0.39 is 0 Å². The molecular formula is C24H22ClN3O3S. The van der Waals surface area contributed by atoms with E-state index in [-0.39, 0.29) is 0 Å². The SMILES string of the molecule is COc1cc(Nc2nc(SCc3ccc(Cl)cc3)nc3ccccc23)cc(OC)c1OC. The Morgan fingerprint density at radius 1 is 0.875 bits per heavy atom. The van der Waals surface area contributed by atoms with Crippen LogP contribution in [0.4, 0.5) is 11.5 Å². The molecule has 0 bridgehead atoms. The molecule has 1 heterocycles. The topological polar surface area (TPSA) is 65.5 Å². The van der Waals surface area contributed by atoms with Crippen LogP contribution in [0, 0.1) is 0 Å². The van der Waals surface area contributed by atoms with E-state index in [1.807, 2.05) is 60.7 Å². The number of methoxy groups -OCH3 is 3. The third kappa shape index (κ3) is 4.84. The van der Waals surface area contributed by atoms with E-state index in [1.165, 1.54) is 0 Å². The van der Waals surface area contributed by atoms with Crippen molar-refractivity contribution in [2.45, 2.75) is 10.9 Å². The van der Waals surface area contributed by atoms with Crippen LogP contribution in [0.2, 0.25) is 5.02 Å². The minimum atomic E-state index is 0.535. The van der Waals surface area contributed by atoms with Crippen LogP contribution in [0.25, 0.3) is 10.9 Å².